The predicted octanol–water partition coefficient (Wildman–Crippen LogP) is 4.65. The summed E-state index contributed by atoms with van der Waals surface area (Å²) in [6, 6.07) is 21.0. The number of urea groups is 1. The Labute approximate surface area is 201 Å². The zero-order valence-corrected chi connectivity index (χ0v) is 20.1. The third-order valence-corrected chi connectivity index (χ3v) is 5.49. The highest BCUT2D eigenvalue weighted by molar-refractivity contribution is 5.92. The molecule has 0 aliphatic rings. The van der Waals surface area contributed by atoms with Gasteiger partial charge in [0.1, 0.15) is 18.1 Å². The van der Waals surface area contributed by atoms with Crippen molar-refractivity contribution in [1.29, 1.82) is 0 Å². The summed E-state index contributed by atoms with van der Waals surface area (Å²) in [7, 11) is 1.57. The first-order chi connectivity index (χ1) is 16.4. The zero-order valence-electron chi connectivity index (χ0n) is 20.1. The van der Waals surface area contributed by atoms with Crippen LogP contribution in [0, 0.1) is 13.8 Å². The van der Waals surface area contributed by atoms with Crippen LogP contribution in [0.25, 0.3) is 0 Å². The fourth-order valence-corrected chi connectivity index (χ4v) is 3.52. The first-order valence-corrected chi connectivity index (χ1v) is 11.4. The Morgan fingerprint density at radius 1 is 0.912 bits per heavy atom. The number of amides is 3. The third-order valence-electron chi connectivity index (χ3n) is 5.49. The SMILES string of the molecule is COCCN(CC(=O)N(CCc1ccccc1)Cc1ccc(C)o1)C(=O)Nc1ccc(C)cc1. The molecule has 0 saturated heterocycles. The van der Waals surface area contributed by atoms with Gasteiger partial charge in [0, 0.05) is 25.9 Å². The number of carbonyl (C=O) groups is 2. The van der Waals surface area contributed by atoms with Crippen LogP contribution in [0.2, 0.25) is 0 Å². The van der Waals surface area contributed by atoms with Crippen LogP contribution in [0.1, 0.15) is 22.6 Å². The summed E-state index contributed by atoms with van der Waals surface area (Å²) in [5.74, 6) is 1.36. The number of nitrogens with one attached hydrogen (secondary N) is 1. The fourth-order valence-electron chi connectivity index (χ4n) is 3.52. The standard InChI is InChI=1S/C27H33N3O4/c1-21-9-12-24(13-10-21)28-27(32)30(17-18-33-3)20-26(31)29(19-25-14-11-22(2)34-25)16-15-23-7-5-4-6-8-23/h4-14H,15-20H2,1-3H3,(H,28,32). The molecule has 1 heterocycles. The van der Waals surface area contributed by atoms with Gasteiger partial charge in [-0.15, -0.1) is 0 Å². The minimum Gasteiger partial charge on any atom is -0.464 e. The van der Waals surface area contributed by atoms with Gasteiger partial charge in [0.2, 0.25) is 5.91 Å². The second-order valence-electron chi connectivity index (χ2n) is 8.27. The Hall–Kier alpha value is -3.58. The average Bonchev–Trinajstić information content (AvgIpc) is 3.25. The monoisotopic (exact) mass is 463 g/mol. The Morgan fingerprint density at radius 2 is 1.65 bits per heavy atom. The van der Waals surface area contributed by atoms with E-state index in [0.717, 1.165) is 16.9 Å². The van der Waals surface area contributed by atoms with Gasteiger partial charge in [0.05, 0.1) is 13.2 Å². The molecule has 34 heavy (non-hydrogen) atoms. The predicted molar refractivity (Wildman–Crippen MR) is 133 cm³/mol. The normalized spacial score (nSPS) is 10.7. The van der Waals surface area contributed by atoms with Crippen molar-refractivity contribution in [2.24, 2.45) is 0 Å². The van der Waals surface area contributed by atoms with Crippen molar-refractivity contribution >= 4 is 17.6 Å². The van der Waals surface area contributed by atoms with Gasteiger partial charge >= 0.3 is 6.03 Å². The van der Waals surface area contributed by atoms with Crippen LogP contribution >= 0.6 is 0 Å². The molecule has 0 aliphatic carbocycles. The van der Waals surface area contributed by atoms with Crippen molar-refractivity contribution in [3.05, 3.63) is 89.4 Å². The van der Waals surface area contributed by atoms with E-state index in [1.165, 1.54) is 4.90 Å². The number of hydrogen-bond acceptors (Lipinski definition) is 4. The van der Waals surface area contributed by atoms with Crippen LogP contribution in [0.5, 0.6) is 0 Å². The summed E-state index contributed by atoms with van der Waals surface area (Å²) in [6.45, 7) is 5.29. The number of aryl methyl sites for hydroxylation is 2. The summed E-state index contributed by atoms with van der Waals surface area (Å²) < 4.78 is 10.9. The molecule has 0 bridgehead atoms. The lowest BCUT2D eigenvalue weighted by atomic mass is 10.1. The number of ether oxygens (including phenoxy) is 1. The number of rotatable bonds is 11. The maximum Gasteiger partial charge on any atom is 0.322 e. The van der Waals surface area contributed by atoms with Crippen LogP contribution in [-0.4, -0.2) is 55.1 Å². The molecular formula is C27H33N3O4. The molecule has 0 atom stereocenters. The summed E-state index contributed by atoms with van der Waals surface area (Å²) in [4.78, 5) is 29.6. The molecule has 0 radical (unpaired) electrons. The molecule has 0 saturated carbocycles. The van der Waals surface area contributed by atoms with E-state index in [9.17, 15) is 9.59 Å². The molecule has 0 spiro atoms. The molecule has 0 aliphatic heterocycles. The first kappa shape index (κ1) is 25.1. The van der Waals surface area contributed by atoms with Crippen molar-refractivity contribution in [2.45, 2.75) is 26.8 Å². The largest absolute Gasteiger partial charge is 0.464 e. The van der Waals surface area contributed by atoms with E-state index in [0.29, 0.717) is 44.1 Å². The Kier molecular flexibility index (Phi) is 9.29. The highest BCUT2D eigenvalue weighted by atomic mass is 16.5. The van der Waals surface area contributed by atoms with Crippen LogP contribution < -0.4 is 5.32 Å². The molecule has 3 aromatic rings. The molecule has 2 aromatic carbocycles. The quantitative estimate of drug-likeness (QED) is 0.449. The highest BCUT2D eigenvalue weighted by Gasteiger charge is 2.22. The summed E-state index contributed by atoms with van der Waals surface area (Å²) in [5, 5.41) is 2.88. The molecule has 0 unspecified atom stereocenters. The van der Waals surface area contributed by atoms with E-state index >= 15 is 0 Å². The molecule has 7 nitrogen and oxygen atoms in total. The van der Waals surface area contributed by atoms with E-state index in [1.807, 2.05) is 80.6 Å². The van der Waals surface area contributed by atoms with Gasteiger partial charge in [-0.1, -0.05) is 48.0 Å². The summed E-state index contributed by atoms with van der Waals surface area (Å²) >= 11 is 0. The van der Waals surface area contributed by atoms with Crippen LogP contribution in [0.3, 0.4) is 0 Å². The van der Waals surface area contributed by atoms with E-state index in [4.69, 9.17) is 9.15 Å². The zero-order chi connectivity index (χ0) is 24.3. The van der Waals surface area contributed by atoms with Gasteiger partial charge in [-0.05, 0) is 50.1 Å². The van der Waals surface area contributed by atoms with Crippen molar-refractivity contribution < 1.29 is 18.7 Å². The van der Waals surface area contributed by atoms with Crippen molar-refractivity contribution in [3.63, 3.8) is 0 Å². The molecule has 0 fully saturated rings. The molecular weight excluding hydrogens is 430 g/mol. The van der Waals surface area contributed by atoms with E-state index < -0.39 is 0 Å². The summed E-state index contributed by atoms with van der Waals surface area (Å²) in [6.07, 6.45) is 0.708. The molecule has 180 valence electrons. The van der Waals surface area contributed by atoms with Crippen molar-refractivity contribution in [3.8, 4) is 0 Å². The summed E-state index contributed by atoms with van der Waals surface area (Å²) in [5.41, 5.74) is 2.92. The second-order valence-corrected chi connectivity index (χ2v) is 8.27. The number of furan rings is 1. The van der Waals surface area contributed by atoms with E-state index in [-0.39, 0.29) is 18.5 Å². The van der Waals surface area contributed by atoms with Crippen molar-refractivity contribution in [1.82, 2.24) is 9.80 Å². The van der Waals surface area contributed by atoms with Crippen LogP contribution in [0.15, 0.2) is 71.1 Å². The lowest BCUT2D eigenvalue weighted by Crippen LogP contribution is -2.46. The van der Waals surface area contributed by atoms with E-state index in [1.54, 1.807) is 12.0 Å². The molecule has 1 N–H and O–H groups in total. The Balaban J connectivity index is 1.71. The van der Waals surface area contributed by atoms with Gasteiger partial charge in [-0.2, -0.15) is 0 Å². The lowest BCUT2D eigenvalue weighted by molar-refractivity contribution is -0.132. The molecule has 3 rings (SSSR count). The minimum atomic E-state index is -0.342. The first-order valence-electron chi connectivity index (χ1n) is 11.4. The number of hydrogen-bond donors (Lipinski definition) is 1. The average molecular weight is 464 g/mol. The highest BCUT2D eigenvalue weighted by Crippen LogP contribution is 2.13. The molecule has 1 aromatic heterocycles. The number of carbonyl (C=O) groups excluding carboxylic acids is 2. The number of benzene rings is 2. The smallest absolute Gasteiger partial charge is 0.322 e. The fraction of sp³-hybridized carbons (Fsp3) is 0.333. The third kappa shape index (κ3) is 7.78. The van der Waals surface area contributed by atoms with Gasteiger partial charge in [-0.3, -0.25) is 4.79 Å². The molecule has 7 heteroatoms. The molecule has 3 amide bonds. The van der Waals surface area contributed by atoms with Gasteiger partial charge in [0.15, 0.2) is 0 Å². The Morgan fingerprint density at radius 3 is 2.29 bits per heavy atom. The number of methoxy groups -OCH3 is 1. The minimum absolute atomic E-state index is 0.0600. The topological polar surface area (TPSA) is 75.0 Å². The van der Waals surface area contributed by atoms with Gasteiger partial charge in [-0.25, -0.2) is 4.79 Å². The van der Waals surface area contributed by atoms with Crippen molar-refractivity contribution in [2.75, 3.05) is 38.7 Å². The van der Waals surface area contributed by atoms with Crippen LogP contribution in [0.4, 0.5) is 10.5 Å². The van der Waals surface area contributed by atoms with Gasteiger partial charge < -0.3 is 24.3 Å². The Bertz CT molecular complexity index is 1050. The number of nitrogens with zero attached hydrogens (tertiary/aromatic N) is 2. The lowest BCUT2D eigenvalue weighted by Gasteiger charge is -2.27. The maximum atomic E-state index is 13.4. The number of anilines is 1. The van der Waals surface area contributed by atoms with Crippen LogP contribution in [-0.2, 0) is 22.5 Å². The second kappa shape index (κ2) is 12.6. The van der Waals surface area contributed by atoms with Gasteiger partial charge in [0.25, 0.3) is 0 Å². The van der Waals surface area contributed by atoms with E-state index in [2.05, 4.69) is 5.32 Å². The maximum absolute atomic E-state index is 13.4.